The van der Waals surface area contributed by atoms with Gasteiger partial charge in [0.15, 0.2) is 5.69 Å². The van der Waals surface area contributed by atoms with Crippen molar-refractivity contribution in [2.75, 3.05) is 6.54 Å². The Balaban J connectivity index is 1.59. The van der Waals surface area contributed by atoms with Crippen molar-refractivity contribution in [1.82, 2.24) is 14.7 Å². The Bertz CT molecular complexity index is 1320. The number of primary amides is 1. The Morgan fingerprint density at radius 1 is 1.12 bits per heavy atom. The van der Waals surface area contributed by atoms with Crippen molar-refractivity contribution in [2.24, 2.45) is 5.73 Å². The van der Waals surface area contributed by atoms with Crippen molar-refractivity contribution < 1.29 is 9.59 Å². The molecule has 2 amide bonds. The van der Waals surface area contributed by atoms with Crippen molar-refractivity contribution in [1.29, 1.82) is 0 Å². The molecule has 0 saturated carbocycles. The molecule has 0 saturated heterocycles. The van der Waals surface area contributed by atoms with Crippen molar-refractivity contribution in [3.8, 4) is 11.3 Å². The maximum Gasteiger partial charge on any atom is 0.252 e. The van der Waals surface area contributed by atoms with Crippen molar-refractivity contribution in [3.05, 3.63) is 80.7 Å². The molecule has 9 heteroatoms. The van der Waals surface area contributed by atoms with Gasteiger partial charge in [0.2, 0.25) is 5.91 Å². The maximum absolute atomic E-state index is 13.3. The molecule has 7 nitrogen and oxygen atoms in total. The van der Waals surface area contributed by atoms with E-state index in [1.54, 1.807) is 39.9 Å². The summed E-state index contributed by atoms with van der Waals surface area (Å²) >= 11 is 12.2. The fourth-order valence-corrected chi connectivity index (χ4v) is 4.51. The third-order valence-corrected chi connectivity index (χ3v) is 6.88. The van der Waals surface area contributed by atoms with E-state index in [0.717, 1.165) is 5.56 Å². The molecular weight excluding hydrogens is 473 g/mol. The molecule has 2 N–H and O–H groups in total. The van der Waals surface area contributed by atoms with Crippen LogP contribution in [0, 0.1) is 6.57 Å². The molecule has 1 aliphatic rings. The van der Waals surface area contributed by atoms with Gasteiger partial charge in [-0.2, -0.15) is 5.10 Å². The normalized spacial score (nSPS) is 13.3. The minimum absolute atomic E-state index is 0.0294. The number of amides is 2. The van der Waals surface area contributed by atoms with Gasteiger partial charge in [-0.25, -0.2) is 4.85 Å². The highest BCUT2D eigenvalue weighted by molar-refractivity contribution is 6.42. The predicted octanol–water partition coefficient (Wildman–Crippen LogP) is 5.22. The number of carbonyl (C=O) groups is 2. The smallest absolute Gasteiger partial charge is 0.252 e. The lowest BCUT2D eigenvalue weighted by Crippen LogP contribution is -2.41. The molecule has 34 heavy (non-hydrogen) atoms. The number of halogens is 2. The molecule has 0 spiro atoms. The molecule has 2 aromatic carbocycles. The van der Waals surface area contributed by atoms with Crippen LogP contribution in [0.2, 0.25) is 10.0 Å². The Morgan fingerprint density at radius 3 is 2.44 bits per heavy atom. The molecular formula is C25H23Cl2N5O2. The van der Waals surface area contributed by atoms with E-state index in [4.69, 9.17) is 35.5 Å². The number of hydrogen-bond donors (Lipinski definition) is 1. The molecule has 0 unspecified atom stereocenters. The summed E-state index contributed by atoms with van der Waals surface area (Å²) in [5.74, 6) is -0.643. The van der Waals surface area contributed by atoms with Crippen LogP contribution in [-0.4, -0.2) is 33.0 Å². The first kappa shape index (κ1) is 23.8. The van der Waals surface area contributed by atoms with E-state index in [2.05, 4.69) is 9.94 Å². The summed E-state index contributed by atoms with van der Waals surface area (Å²) in [5, 5.41) is 5.35. The van der Waals surface area contributed by atoms with Crippen LogP contribution in [0.25, 0.3) is 16.1 Å². The minimum atomic E-state index is -0.614. The standard InChI is InChI=1S/C25H23Cl2N5O2/c1-25(2,16-5-7-17(29-3)8-6-16)13-21(33)31-10-11-32-20(14-31)22(24(28)34)23(30-32)15-4-9-18(26)19(27)12-15/h4-9,12H,10-11,13-14H2,1-2H3,(H2,28,34). The molecule has 174 valence electrons. The van der Waals surface area contributed by atoms with Crippen LogP contribution < -0.4 is 5.73 Å². The number of carbonyl (C=O) groups excluding carboxylic acids is 2. The van der Waals surface area contributed by atoms with Gasteiger partial charge in [0.25, 0.3) is 5.91 Å². The first-order valence-electron chi connectivity index (χ1n) is 10.7. The SMILES string of the molecule is [C-]#[N+]c1ccc(C(C)(C)CC(=O)N2CCn3nc(-c4ccc(Cl)c(Cl)c4)c(C(N)=O)c3C2)cc1. The van der Waals surface area contributed by atoms with Gasteiger partial charge >= 0.3 is 0 Å². The average molecular weight is 496 g/mol. The average Bonchev–Trinajstić information content (AvgIpc) is 3.19. The van der Waals surface area contributed by atoms with Gasteiger partial charge in [-0.05, 0) is 23.1 Å². The Kier molecular flexibility index (Phi) is 6.39. The van der Waals surface area contributed by atoms with Crippen LogP contribution >= 0.6 is 23.2 Å². The van der Waals surface area contributed by atoms with Gasteiger partial charge in [-0.15, -0.1) is 0 Å². The minimum Gasteiger partial charge on any atom is -0.365 e. The van der Waals surface area contributed by atoms with Crippen molar-refractivity contribution in [2.45, 2.75) is 38.8 Å². The molecule has 0 radical (unpaired) electrons. The van der Waals surface area contributed by atoms with E-state index in [-0.39, 0.29) is 24.4 Å². The number of nitrogens with zero attached hydrogens (tertiary/aromatic N) is 4. The zero-order chi connectivity index (χ0) is 24.6. The number of nitrogens with two attached hydrogens (primary N) is 1. The van der Waals surface area contributed by atoms with E-state index in [0.29, 0.717) is 45.8 Å². The van der Waals surface area contributed by atoms with Crippen LogP contribution in [0.3, 0.4) is 0 Å². The summed E-state index contributed by atoms with van der Waals surface area (Å²) in [4.78, 5) is 30.8. The maximum atomic E-state index is 13.3. The Hall–Kier alpha value is -3.34. The van der Waals surface area contributed by atoms with Gasteiger partial charge in [-0.3, -0.25) is 14.3 Å². The molecule has 1 aromatic heterocycles. The van der Waals surface area contributed by atoms with Crippen LogP contribution in [0.4, 0.5) is 5.69 Å². The van der Waals surface area contributed by atoms with Crippen LogP contribution in [-0.2, 0) is 23.3 Å². The quantitative estimate of drug-likeness (QED) is 0.492. The lowest BCUT2D eigenvalue weighted by molar-refractivity contribution is -0.133. The molecule has 0 bridgehead atoms. The highest BCUT2D eigenvalue weighted by atomic mass is 35.5. The molecule has 0 atom stereocenters. The predicted molar refractivity (Wildman–Crippen MR) is 132 cm³/mol. The highest BCUT2D eigenvalue weighted by Crippen LogP contribution is 2.34. The van der Waals surface area contributed by atoms with Gasteiger partial charge in [0.1, 0.15) is 5.69 Å². The van der Waals surface area contributed by atoms with E-state index in [9.17, 15) is 9.59 Å². The van der Waals surface area contributed by atoms with Crippen molar-refractivity contribution in [3.63, 3.8) is 0 Å². The third-order valence-electron chi connectivity index (χ3n) is 6.14. The molecule has 2 heterocycles. The fourth-order valence-electron chi connectivity index (χ4n) is 4.21. The van der Waals surface area contributed by atoms with E-state index >= 15 is 0 Å². The Morgan fingerprint density at radius 2 is 1.82 bits per heavy atom. The number of rotatable bonds is 5. The second kappa shape index (κ2) is 9.13. The zero-order valence-corrected chi connectivity index (χ0v) is 20.3. The van der Waals surface area contributed by atoms with Crippen LogP contribution in [0.1, 0.15) is 41.9 Å². The highest BCUT2D eigenvalue weighted by Gasteiger charge is 2.32. The summed E-state index contributed by atoms with van der Waals surface area (Å²) in [6.45, 7) is 12.3. The zero-order valence-electron chi connectivity index (χ0n) is 18.8. The lowest BCUT2D eigenvalue weighted by Gasteiger charge is -2.32. The van der Waals surface area contributed by atoms with Crippen LogP contribution in [0.15, 0.2) is 42.5 Å². The summed E-state index contributed by atoms with van der Waals surface area (Å²) in [5.41, 5.74) is 8.80. The molecule has 0 fully saturated rings. The molecule has 4 rings (SSSR count). The lowest BCUT2D eigenvalue weighted by atomic mass is 9.81. The Labute approximate surface area is 207 Å². The monoisotopic (exact) mass is 495 g/mol. The summed E-state index contributed by atoms with van der Waals surface area (Å²) in [6.07, 6.45) is 0.282. The second-order valence-electron chi connectivity index (χ2n) is 8.92. The van der Waals surface area contributed by atoms with Gasteiger partial charge < -0.3 is 10.6 Å². The van der Waals surface area contributed by atoms with Gasteiger partial charge in [0, 0.05) is 18.5 Å². The van der Waals surface area contributed by atoms with Crippen molar-refractivity contribution >= 4 is 40.7 Å². The van der Waals surface area contributed by atoms with Gasteiger partial charge in [-0.1, -0.05) is 67.4 Å². The topological polar surface area (TPSA) is 85.6 Å². The summed E-state index contributed by atoms with van der Waals surface area (Å²) in [7, 11) is 0. The fraction of sp³-hybridized carbons (Fsp3) is 0.280. The first-order valence-corrected chi connectivity index (χ1v) is 11.5. The number of aromatic nitrogens is 2. The second-order valence-corrected chi connectivity index (χ2v) is 9.74. The van der Waals surface area contributed by atoms with E-state index < -0.39 is 11.3 Å². The molecule has 1 aliphatic heterocycles. The molecule has 0 aliphatic carbocycles. The third kappa shape index (κ3) is 4.52. The number of fused-ring (bicyclic) bond motifs is 1. The molecule has 3 aromatic rings. The van der Waals surface area contributed by atoms with E-state index in [1.807, 2.05) is 26.0 Å². The summed E-state index contributed by atoms with van der Waals surface area (Å²) in [6, 6.07) is 12.3. The number of hydrogen-bond acceptors (Lipinski definition) is 3. The largest absolute Gasteiger partial charge is 0.365 e. The first-order chi connectivity index (χ1) is 16.1. The van der Waals surface area contributed by atoms with Crippen LogP contribution in [0.5, 0.6) is 0 Å². The van der Waals surface area contributed by atoms with Gasteiger partial charge in [0.05, 0.1) is 41.0 Å². The summed E-state index contributed by atoms with van der Waals surface area (Å²) < 4.78 is 1.73. The number of benzene rings is 2. The van der Waals surface area contributed by atoms with E-state index in [1.165, 1.54) is 0 Å².